The van der Waals surface area contributed by atoms with Crippen LogP contribution >= 0.6 is 12.4 Å². The van der Waals surface area contributed by atoms with Crippen molar-refractivity contribution in [1.29, 1.82) is 0 Å². The molecule has 0 aliphatic heterocycles. The van der Waals surface area contributed by atoms with E-state index in [-0.39, 0.29) is 30.3 Å². The number of carbonyl (C=O) groups is 1. The first kappa shape index (κ1) is 18.5. The minimum Gasteiger partial charge on any atom is -0.493 e. The van der Waals surface area contributed by atoms with E-state index in [9.17, 15) is 4.79 Å². The summed E-state index contributed by atoms with van der Waals surface area (Å²) >= 11 is 0. The van der Waals surface area contributed by atoms with Crippen LogP contribution in [0.15, 0.2) is 18.2 Å². The van der Waals surface area contributed by atoms with Crippen molar-refractivity contribution in [1.82, 2.24) is 5.32 Å². The maximum atomic E-state index is 11.8. The molecule has 6 heteroatoms. The fourth-order valence-electron chi connectivity index (χ4n) is 1.58. The molecule has 0 saturated carbocycles. The Morgan fingerprint density at radius 1 is 1.25 bits per heavy atom. The van der Waals surface area contributed by atoms with Gasteiger partial charge < -0.3 is 20.5 Å². The van der Waals surface area contributed by atoms with E-state index in [1.807, 2.05) is 32.0 Å². The number of carbonyl (C=O) groups excluding carboxylic acids is 1. The smallest absolute Gasteiger partial charge is 0.224 e. The average Bonchev–Trinajstić information content (AvgIpc) is 2.43. The lowest BCUT2D eigenvalue weighted by Crippen LogP contribution is -2.38. The molecule has 2 unspecified atom stereocenters. The summed E-state index contributed by atoms with van der Waals surface area (Å²) in [6.45, 7) is 4.07. The van der Waals surface area contributed by atoms with Gasteiger partial charge in [0.2, 0.25) is 5.91 Å². The van der Waals surface area contributed by atoms with Crippen molar-refractivity contribution >= 4 is 18.3 Å². The summed E-state index contributed by atoms with van der Waals surface area (Å²) in [6.07, 6.45) is 0. The van der Waals surface area contributed by atoms with Crippen LogP contribution in [0.5, 0.6) is 11.5 Å². The third-order valence-corrected chi connectivity index (χ3v) is 3.12. The van der Waals surface area contributed by atoms with Crippen LogP contribution in [0.4, 0.5) is 0 Å². The molecule has 114 valence electrons. The molecular weight excluding hydrogens is 280 g/mol. The molecule has 0 aliphatic carbocycles. The lowest BCUT2D eigenvalue weighted by Gasteiger charge is -2.16. The highest BCUT2D eigenvalue weighted by Gasteiger charge is 2.16. The Labute approximate surface area is 126 Å². The minimum absolute atomic E-state index is 0. The standard InChI is InChI=1S/C14H22N2O3.ClH/c1-9(10(2)15)14(17)16-8-11-5-6-12(18-3)13(7-11)19-4;/h5-7,9-10H,8,15H2,1-4H3,(H,16,17);1H. The summed E-state index contributed by atoms with van der Waals surface area (Å²) in [7, 11) is 3.17. The molecule has 1 rings (SSSR count). The highest BCUT2D eigenvalue weighted by molar-refractivity contribution is 5.85. The second kappa shape index (κ2) is 8.66. The van der Waals surface area contributed by atoms with Gasteiger partial charge in [-0.3, -0.25) is 4.79 Å². The predicted molar refractivity (Wildman–Crippen MR) is 81.5 cm³/mol. The molecule has 3 N–H and O–H groups in total. The number of nitrogens with one attached hydrogen (secondary N) is 1. The number of hydrogen-bond donors (Lipinski definition) is 2. The quantitative estimate of drug-likeness (QED) is 0.839. The monoisotopic (exact) mass is 302 g/mol. The van der Waals surface area contributed by atoms with Crippen LogP contribution in [-0.2, 0) is 11.3 Å². The zero-order chi connectivity index (χ0) is 14.4. The lowest BCUT2D eigenvalue weighted by molar-refractivity contribution is -0.125. The van der Waals surface area contributed by atoms with Gasteiger partial charge >= 0.3 is 0 Å². The van der Waals surface area contributed by atoms with E-state index in [0.29, 0.717) is 18.0 Å². The molecule has 0 saturated heterocycles. The highest BCUT2D eigenvalue weighted by atomic mass is 35.5. The van der Waals surface area contributed by atoms with Crippen LogP contribution < -0.4 is 20.5 Å². The number of halogens is 1. The molecule has 0 fully saturated rings. The van der Waals surface area contributed by atoms with E-state index >= 15 is 0 Å². The first-order valence-electron chi connectivity index (χ1n) is 6.23. The molecule has 0 aromatic heterocycles. The zero-order valence-corrected chi connectivity index (χ0v) is 13.1. The molecule has 2 atom stereocenters. The summed E-state index contributed by atoms with van der Waals surface area (Å²) in [4.78, 5) is 11.8. The van der Waals surface area contributed by atoms with Crippen molar-refractivity contribution in [3.63, 3.8) is 0 Å². The van der Waals surface area contributed by atoms with E-state index in [2.05, 4.69) is 5.32 Å². The van der Waals surface area contributed by atoms with Gasteiger partial charge in [-0.15, -0.1) is 12.4 Å². The Bertz CT molecular complexity index is 438. The first-order chi connectivity index (χ1) is 8.99. The number of hydrogen-bond acceptors (Lipinski definition) is 4. The molecule has 0 bridgehead atoms. The summed E-state index contributed by atoms with van der Waals surface area (Å²) in [5.41, 5.74) is 6.64. The van der Waals surface area contributed by atoms with Gasteiger partial charge in [0.15, 0.2) is 11.5 Å². The number of nitrogens with two attached hydrogens (primary N) is 1. The van der Waals surface area contributed by atoms with Gasteiger partial charge in [-0.25, -0.2) is 0 Å². The molecule has 1 amide bonds. The second-order valence-electron chi connectivity index (χ2n) is 4.55. The first-order valence-corrected chi connectivity index (χ1v) is 6.23. The predicted octanol–water partition coefficient (Wildman–Crippen LogP) is 1.73. The fourth-order valence-corrected chi connectivity index (χ4v) is 1.58. The van der Waals surface area contributed by atoms with Crippen LogP contribution in [0.3, 0.4) is 0 Å². The number of ether oxygens (including phenoxy) is 2. The molecule has 5 nitrogen and oxygen atoms in total. The molecule has 20 heavy (non-hydrogen) atoms. The van der Waals surface area contributed by atoms with E-state index in [4.69, 9.17) is 15.2 Å². The Morgan fingerprint density at radius 3 is 2.35 bits per heavy atom. The average molecular weight is 303 g/mol. The number of benzene rings is 1. The lowest BCUT2D eigenvalue weighted by atomic mass is 10.0. The second-order valence-corrected chi connectivity index (χ2v) is 4.55. The maximum absolute atomic E-state index is 11.8. The minimum atomic E-state index is -0.208. The van der Waals surface area contributed by atoms with Crippen molar-refractivity contribution in [2.24, 2.45) is 11.7 Å². The largest absolute Gasteiger partial charge is 0.493 e. The summed E-state index contributed by atoms with van der Waals surface area (Å²) in [6, 6.07) is 5.38. The Balaban J connectivity index is 0.00000361. The van der Waals surface area contributed by atoms with Gasteiger partial charge in [0.25, 0.3) is 0 Å². The summed E-state index contributed by atoms with van der Waals surface area (Å²) < 4.78 is 10.4. The van der Waals surface area contributed by atoms with Crippen molar-refractivity contribution in [3.05, 3.63) is 23.8 Å². The summed E-state index contributed by atoms with van der Waals surface area (Å²) in [5, 5.41) is 2.85. The number of rotatable bonds is 6. The SMILES string of the molecule is COc1ccc(CNC(=O)C(C)C(C)N)cc1OC.Cl. The third kappa shape index (κ3) is 4.90. The van der Waals surface area contributed by atoms with Gasteiger partial charge in [-0.1, -0.05) is 13.0 Å². The van der Waals surface area contributed by atoms with Crippen LogP contribution in [0.2, 0.25) is 0 Å². The van der Waals surface area contributed by atoms with Gasteiger partial charge in [-0.2, -0.15) is 0 Å². The van der Waals surface area contributed by atoms with E-state index in [1.165, 1.54) is 0 Å². The third-order valence-electron chi connectivity index (χ3n) is 3.12. The maximum Gasteiger partial charge on any atom is 0.224 e. The van der Waals surface area contributed by atoms with Crippen molar-refractivity contribution in [2.45, 2.75) is 26.4 Å². The highest BCUT2D eigenvalue weighted by Crippen LogP contribution is 2.27. The van der Waals surface area contributed by atoms with Gasteiger partial charge in [0, 0.05) is 18.5 Å². The van der Waals surface area contributed by atoms with E-state index < -0.39 is 0 Å². The van der Waals surface area contributed by atoms with Crippen molar-refractivity contribution in [3.8, 4) is 11.5 Å². The molecule has 0 spiro atoms. The van der Waals surface area contributed by atoms with Crippen molar-refractivity contribution < 1.29 is 14.3 Å². The van der Waals surface area contributed by atoms with Crippen LogP contribution in [0.25, 0.3) is 0 Å². The van der Waals surface area contributed by atoms with Crippen LogP contribution in [0, 0.1) is 5.92 Å². The topological polar surface area (TPSA) is 73.6 Å². The molecular formula is C14H23ClN2O3. The van der Waals surface area contributed by atoms with Crippen molar-refractivity contribution in [2.75, 3.05) is 14.2 Å². The van der Waals surface area contributed by atoms with E-state index in [1.54, 1.807) is 14.2 Å². The normalized spacial score (nSPS) is 12.8. The molecule has 0 heterocycles. The Hall–Kier alpha value is -1.46. The Morgan fingerprint density at radius 2 is 1.85 bits per heavy atom. The number of amides is 1. The molecule has 1 aromatic carbocycles. The van der Waals surface area contributed by atoms with Gasteiger partial charge in [0.1, 0.15) is 0 Å². The van der Waals surface area contributed by atoms with Gasteiger partial charge in [0.05, 0.1) is 14.2 Å². The van der Waals surface area contributed by atoms with Crippen LogP contribution in [-0.4, -0.2) is 26.2 Å². The molecule has 1 aromatic rings. The Kier molecular flexibility index (Phi) is 8.03. The molecule has 0 aliphatic rings. The van der Waals surface area contributed by atoms with Gasteiger partial charge in [-0.05, 0) is 24.6 Å². The number of methoxy groups -OCH3 is 2. The summed E-state index contributed by atoms with van der Waals surface area (Å²) in [5.74, 6) is 1.06. The van der Waals surface area contributed by atoms with Crippen LogP contribution in [0.1, 0.15) is 19.4 Å². The molecule has 0 radical (unpaired) electrons. The van der Waals surface area contributed by atoms with E-state index in [0.717, 1.165) is 5.56 Å². The zero-order valence-electron chi connectivity index (χ0n) is 12.3. The fraction of sp³-hybridized carbons (Fsp3) is 0.500.